The molecule has 0 aromatic heterocycles. The van der Waals surface area contributed by atoms with Gasteiger partial charge >= 0.3 is 0 Å². The molecule has 1 saturated heterocycles. The van der Waals surface area contributed by atoms with Gasteiger partial charge in [0.1, 0.15) is 0 Å². The van der Waals surface area contributed by atoms with Gasteiger partial charge in [0.25, 0.3) is 5.69 Å². The summed E-state index contributed by atoms with van der Waals surface area (Å²) >= 11 is 0. The molecule has 0 radical (unpaired) electrons. The van der Waals surface area contributed by atoms with Crippen molar-refractivity contribution >= 4 is 23.0 Å². The summed E-state index contributed by atoms with van der Waals surface area (Å²) in [5.41, 5.74) is 6.34. The fourth-order valence-electron chi connectivity index (χ4n) is 2.57. The minimum atomic E-state index is -0.580. The lowest BCUT2D eigenvalue weighted by molar-refractivity contribution is -0.384. The standard InChI is InChI=1S/C14H20N4O3/c1-3-16-10-6-11(8-12(7-10)18(20)21)17-5-4-14(2,9-17)13(15)19/h6-8,16H,3-5,9H2,1-2H3,(H2,15,19). The van der Waals surface area contributed by atoms with E-state index in [9.17, 15) is 14.9 Å². The van der Waals surface area contributed by atoms with Crippen molar-refractivity contribution in [2.45, 2.75) is 20.3 Å². The van der Waals surface area contributed by atoms with Gasteiger partial charge in [-0.3, -0.25) is 14.9 Å². The van der Waals surface area contributed by atoms with Crippen molar-refractivity contribution in [2.75, 3.05) is 29.9 Å². The van der Waals surface area contributed by atoms with Crippen LogP contribution in [0.15, 0.2) is 18.2 Å². The average molecular weight is 292 g/mol. The number of carbonyl (C=O) groups excluding carboxylic acids is 1. The van der Waals surface area contributed by atoms with Crippen molar-refractivity contribution in [3.8, 4) is 0 Å². The van der Waals surface area contributed by atoms with Gasteiger partial charge in [-0.05, 0) is 26.3 Å². The fourth-order valence-corrected chi connectivity index (χ4v) is 2.57. The summed E-state index contributed by atoms with van der Waals surface area (Å²) in [6.45, 7) is 5.58. The molecule has 21 heavy (non-hydrogen) atoms. The Morgan fingerprint density at radius 2 is 2.24 bits per heavy atom. The smallest absolute Gasteiger partial charge is 0.273 e. The number of nitrogens with two attached hydrogens (primary N) is 1. The van der Waals surface area contributed by atoms with Crippen LogP contribution in [0, 0.1) is 15.5 Å². The molecule has 114 valence electrons. The Balaban J connectivity index is 2.31. The highest BCUT2D eigenvalue weighted by Crippen LogP contribution is 2.35. The molecule has 3 N–H and O–H groups in total. The quantitative estimate of drug-likeness (QED) is 0.635. The number of carbonyl (C=O) groups is 1. The van der Waals surface area contributed by atoms with E-state index in [1.54, 1.807) is 0 Å². The van der Waals surface area contributed by atoms with Crippen LogP contribution in [0.25, 0.3) is 0 Å². The summed E-state index contributed by atoms with van der Waals surface area (Å²) in [6, 6.07) is 4.91. The molecule has 1 aromatic rings. The first-order chi connectivity index (χ1) is 9.85. The fraction of sp³-hybridized carbons (Fsp3) is 0.500. The van der Waals surface area contributed by atoms with Crippen molar-refractivity contribution in [3.63, 3.8) is 0 Å². The minimum Gasteiger partial charge on any atom is -0.385 e. The molecule has 0 spiro atoms. The molecule has 1 heterocycles. The number of nitrogens with zero attached hydrogens (tertiary/aromatic N) is 2. The number of nitro benzene ring substituents is 1. The van der Waals surface area contributed by atoms with Crippen LogP contribution >= 0.6 is 0 Å². The molecule has 1 atom stereocenters. The van der Waals surface area contributed by atoms with E-state index in [1.807, 2.05) is 24.8 Å². The molecule has 1 aliphatic rings. The Morgan fingerprint density at radius 3 is 2.76 bits per heavy atom. The lowest BCUT2D eigenvalue weighted by Gasteiger charge is -2.23. The SMILES string of the molecule is CCNc1cc(N2CCC(C)(C(N)=O)C2)cc([N+](=O)[O-])c1. The average Bonchev–Trinajstić information content (AvgIpc) is 2.83. The van der Waals surface area contributed by atoms with Crippen molar-refractivity contribution in [2.24, 2.45) is 11.1 Å². The second-order valence-corrected chi connectivity index (χ2v) is 5.62. The summed E-state index contributed by atoms with van der Waals surface area (Å²) in [5.74, 6) is -0.331. The van der Waals surface area contributed by atoms with Gasteiger partial charge in [0.2, 0.25) is 5.91 Å². The lowest BCUT2D eigenvalue weighted by atomic mass is 9.89. The molecular formula is C14H20N4O3. The van der Waals surface area contributed by atoms with Crippen molar-refractivity contribution in [1.29, 1.82) is 0 Å². The number of non-ortho nitro benzene ring substituents is 1. The van der Waals surface area contributed by atoms with Crippen LogP contribution < -0.4 is 16.0 Å². The first-order valence-corrected chi connectivity index (χ1v) is 6.94. The summed E-state index contributed by atoms with van der Waals surface area (Å²) in [5, 5.41) is 14.1. The third kappa shape index (κ3) is 3.07. The van der Waals surface area contributed by atoms with E-state index in [0.29, 0.717) is 31.7 Å². The molecule has 1 fully saturated rings. The molecule has 0 aliphatic carbocycles. The van der Waals surface area contributed by atoms with E-state index in [1.165, 1.54) is 12.1 Å². The van der Waals surface area contributed by atoms with E-state index in [0.717, 1.165) is 5.69 Å². The Labute approximate surface area is 123 Å². The number of anilines is 2. The second kappa shape index (κ2) is 5.59. The summed E-state index contributed by atoms with van der Waals surface area (Å²) in [6.07, 6.45) is 0.654. The summed E-state index contributed by atoms with van der Waals surface area (Å²) in [4.78, 5) is 24.1. The van der Waals surface area contributed by atoms with Gasteiger partial charge in [-0.2, -0.15) is 0 Å². The Morgan fingerprint density at radius 1 is 1.52 bits per heavy atom. The van der Waals surface area contributed by atoms with Gasteiger partial charge in [-0.15, -0.1) is 0 Å². The number of benzene rings is 1. The number of rotatable bonds is 5. The van der Waals surface area contributed by atoms with Crippen LogP contribution in [0.3, 0.4) is 0 Å². The lowest BCUT2D eigenvalue weighted by Crippen LogP contribution is -2.37. The predicted molar refractivity (Wildman–Crippen MR) is 81.4 cm³/mol. The topological polar surface area (TPSA) is 102 Å². The monoisotopic (exact) mass is 292 g/mol. The maximum absolute atomic E-state index is 11.5. The van der Waals surface area contributed by atoms with Crippen LogP contribution in [-0.4, -0.2) is 30.5 Å². The van der Waals surface area contributed by atoms with Gasteiger partial charge < -0.3 is 16.0 Å². The molecule has 1 aliphatic heterocycles. The first kappa shape index (κ1) is 15.1. The zero-order valence-corrected chi connectivity index (χ0v) is 12.3. The highest BCUT2D eigenvalue weighted by molar-refractivity contribution is 5.82. The molecule has 1 aromatic carbocycles. The minimum absolute atomic E-state index is 0.0381. The van der Waals surface area contributed by atoms with Crippen LogP contribution in [0.2, 0.25) is 0 Å². The molecule has 1 unspecified atom stereocenters. The van der Waals surface area contributed by atoms with E-state index in [2.05, 4.69) is 5.32 Å². The van der Waals surface area contributed by atoms with Crippen molar-refractivity contribution in [1.82, 2.24) is 0 Å². The molecule has 7 nitrogen and oxygen atoms in total. The Bertz CT molecular complexity index is 575. The van der Waals surface area contributed by atoms with Crippen LogP contribution in [0.1, 0.15) is 20.3 Å². The van der Waals surface area contributed by atoms with Gasteiger partial charge in [-0.1, -0.05) is 0 Å². The molecule has 0 saturated carbocycles. The highest BCUT2D eigenvalue weighted by Gasteiger charge is 2.39. The van der Waals surface area contributed by atoms with E-state index in [-0.39, 0.29) is 11.6 Å². The van der Waals surface area contributed by atoms with Crippen molar-refractivity contribution < 1.29 is 9.72 Å². The van der Waals surface area contributed by atoms with E-state index in [4.69, 9.17) is 5.73 Å². The van der Waals surface area contributed by atoms with Crippen LogP contribution in [-0.2, 0) is 4.79 Å². The number of nitro groups is 1. The maximum atomic E-state index is 11.5. The molecule has 0 bridgehead atoms. The number of nitrogens with one attached hydrogen (secondary N) is 1. The Kier molecular flexibility index (Phi) is 4.02. The summed E-state index contributed by atoms with van der Waals surface area (Å²) < 4.78 is 0. The van der Waals surface area contributed by atoms with Gasteiger partial charge in [0, 0.05) is 43.1 Å². The predicted octanol–water partition coefficient (Wildman–Crippen LogP) is 1.73. The molecule has 7 heteroatoms. The summed E-state index contributed by atoms with van der Waals surface area (Å²) in [7, 11) is 0. The zero-order valence-electron chi connectivity index (χ0n) is 12.3. The molecular weight excluding hydrogens is 272 g/mol. The van der Waals surface area contributed by atoms with E-state index < -0.39 is 10.3 Å². The maximum Gasteiger partial charge on any atom is 0.273 e. The van der Waals surface area contributed by atoms with Gasteiger partial charge in [0.05, 0.1) is 10.3 Å². The highest BCUT2D eigenvalue weighted by atomic mass is 16.6. The van der Waals surface area contributed by atoms with Crippen LogP contribution in [0.4, 0.5) is 17.1 Å². The molecule has 1 amide bonds. The normalized spacial score (nSPS) is 21.3. The first-order valence-electron chi connectivity index (χ1n) is 6.94. The number of hydrogen-bond donors (Lipinski definition) is 2. The Hall–Kier alpha value is -2.31. The van der Waals surface area contributed by atoms with Crippen LogP contribution in [0.5, 0.6) is 0 Å². The largest absolute Gasteiger partial charge is 0.385 e. The van der Waals surface area contributed by atoms with Gasteiger partial charge in [0.15, 0.2) is 0 Å². The van der Waals surface area contributed by atoms with E-state index >= 15 is 0 Å². The molecule has 2 rings (SSSR count). The van der Waals surface area contributed by atoms with Crippen molar-refractivity contribution in [3.05, 3.63) is 28.3 Å². The second-order valence-electron chi connectivity index (χ2n) is 5.62. The third-order valence-corrected chi connectivity index (χ3v) is 3.93. The zero-order chi connectivity index (χ0) is 15.6. The number of primary amides is 1. The number of hydrogen-bond acceptors (Lipinski definition) is 5. The third-order valence-electron chi connectivity index (χ3n) is 3.93. The number of amides is 1. The van der Waals surface area contributed by atoms with Gasteiger partial charge in [-0.25, -0.2) is 0 Å².